The first-order valence-electron chi connectivity index (χ1n) is 5.67. The van der Waals surface area contributed by atoms with Gasteiger partial charge in [0.05, 0.1) is 17.4 Å². The molecule has 1 atom stereocenters. The molecule has 0 bridgehead atoms. The molecular weight excluding hydrogens is 349 g/mol. The number of nitrogens with two attached hydrogens (primary N) is 1. The molecule has 1 aromatic heterocycles. The number of sulfone groups is 1. The third-order valence-electron chi connectivity index (χ3n) is 2.96. The maximum absolute atomic E-state index is 13.7. The van der Waals surface area contributed by atoms with Crippen LogP contribution in [0.2, 0.25) is 0 Å². The molecule has 0 aliphatic rings. The fourth-order valence-electron chi connectivity index (χ4n) is 1.55. The molecule has 0 aliphatic heterocycles. The molecule has 5 nitrogen and oxygen atoms in total. The van der Waals surface area contributed by atoms with Crippen molar-refractivity contribution < 1.29 is 12.8 Å². The van der Waals surface area contributed by atoms with Crippen LogP contribution >= 0.6 is 15.9 Å². The lowest BCUT2D eigenvalue weighted by Gasteiger charge is -2.28. The summed E-state index contributed by atoms with van der Waals surface area (Å²) in [5.74, 6) is -1.39. The molecule has 1 rings (SSSR count). The minimum atomic E-state index is -3.84. The lowest BCUT2D eigenvalue weighted by Crippen LogP contribution is -2.46. The van der Waals surface area contributed by atoms with Crippen LogP contribution < -0.4 is 5.73 Å². The van der Waals surface area contributed by atoms with Gasteiger partial charge in [0.25, 0.3) is 0 Å². The molecule has 0 amide bonds. The van der Waals surface area contributed by atoms with Gasteiger partial charge in [0.2, 0.25) is 5.95 Å². The van der Waals surface area contributed by atoms with E-state index in [0.717, 1.165) is 0 Å². The molecule has 0 spiro atoms. The number of aromatic nitrogens is 1. The van der Waals surface area contributed by atoms with Crippen molar-refractivity contribution in [3.63, 3.8) is 0 Å². The van der Waals surface area contributed by atoms with Gasteiger partial charge >= 0.3 is 0 Å². The number of nitriles is 1. The fourth-order valence-corrected chi connectivity index (χ4v) is 3.32. The van der Waals surface area contributed by atoms with E-state index in [4.69, 9.17) is 11.0 Å². The summed E-state index contributed by atoms with van der Waals surface area (Å²) >= 11 is 3.14. The largest absolute Gasteiger partial charge is 0.321 e. The monoisotopic (exact) mass is 363 g/mol. The van der Waals surface area contributed by atoms with Gasteiger partial charge in [0.15, 0.2) is 14.6 Å². The fraction of sp³-hybridized carbons (Fsp3) is 0.500. The zero-order chi connectivity index (χ0) is 15.8. The van der Waals surface area contributed by atoms with Crippen LogP contribution in [0.4, 0.5) is 4.39 Å². The summed E-state index contributed by atoms with van der Waals surface area (Å²) in [7, 11) is -3.84. The number of nitrogens with zero attached hydrogens (tertiary/aromatic N) is 2. The minimum Gasteiger partial charge on any atom is -0.321 e. The normalized spacial score (nSPS) is 15.4. The maximum atomic E-state index is 13.7. The molecule has 1 heterocycles. The van der Waals surface area contributed by atoms with Crippen LogP contribution in [0, 0.1) is 17.3 Å². The molecule has 0 aromatic carbocycles. The van der Waals surface area contributed by atoms with E-state index in [0.29, 0.717) is 4.47 Å². The Morgan fingerprint density at radius 1 is 1.50 bits per heavy atom. The summed E-state index contributed by atoms with van der Waals surface area (Å²) in [4.78, 5) is 3.50. The SMILES string of the molecule is CC(N)(CS(=O)(=O)C(C)(C)C#N)c1cc(Br)cnc1F. The highest BCUT2D eigenvalue weighted by Crippen LogP contribution is 2.28. The van der Waals surface area contributed by atoms with Gasteiger partial charge in [-0.15, -0.1) is 0 Å². The molecule has 2 N–H and O–H groups in total. The van der Waals surface area contributed by atoms with Crippen LogP contribution in [0.5, 0.6) is 0 Å². The number of rotatable bonds is 4. The van der Waals surface area contributed by atoms with Gasteiger partial charge in [-0.2, -0.15) is 9.65 Å². The Morgan fingerprint density at radius 2 is 2.05 bits per heavy atom. The second-order valence-corrected chi connectivity index (χ2v) is 8.75. The predicted molar refractivity (Wildman–Crippen MR) is 76.9 cm³/mol. The third-order valence-corrected chi connectivity index (χ3v) is 6.02. The van der Waals surface area contributed by atoms with Crippen molar-refractivity contribution in [2.45, 2.75) is 31.1 Å². The Hall–Kier alpha value is -1.04. The van der Waals surface area contributed by atoms with Crippen molar-refractivity contribution in [3.8, 4) is 6.07 Å². The van der Waals surface area contributed by atoms with Gasteiger partial charge in [-0.25, -0.2) is 13.4 Å². The number of hydrogen-bond donors (Lipinski definition) is 1. The van der Waals surface area contributed by atoms with Gasteiger partial charge in [-0.05, 0) is 42.8 Å². The number of hydrogen-bond acceptors (Lipinski definition) is 5. The number of halogens is 2. The van der Waals surface area contributed by atoms with E-state index < -0.39 is 31.8 Å². The summed E-state index contributed by atoms with van der Waals surface area (Å²) in [6.45, 7) is 3.96. The zero-order valence-electron chi connectivity index (χ0n) is 11.3. The second-order valence-electron chi connectivity index (χ2n) is 5.29. The van der Waals surface area contributed by atoms with Crippen molar-refractivity contribution in [3.05, 3.63) is 28.2 Å². The molecule has 1 aromatic rings. The van der Waals surface area contributed by atoms with E-state index in [-0.39, 0.29) is 5.56 Å². The molecule has 110 valence electrons. The smallest absolute Gasteiger partial charge is 0.217 e. The molecule has 8 heteroatoms. The summed E-state index contributed by atoms with van der Waals surface area (Å²) in [6.07, 6.45) is 1.25. The Labute approximate surface area is 126 Å². The lowest BCUT2D eigenvalue weighted by atomic mass is 9.97. The van der Waals surface area contributed by atoms with Crippen LogP contribution in [0.3, 0.4) is 0 Å². The van der Waals surface area contributed by atoms with Crippen LogP contribution in [0.25, 0.3) is 0 Å². The van der Waals surface area contributed by atoms with Crippen LogP contribution in [0.1, 0.15) is 26.3 Å². The second kappa shape index (κ2) is 5.39. The van der Waals surface area contributed by atoms with E-state index >= 15 is 0 Å². The van der Waals surface area contributed by atoms with Crippen LogP contribution in [-0.4, -0.2) is 23.9 Å². The van der Waals surface area contributed by atoms with Crippen molar-refractivity contribution in [2.75, 3.05) is 5.75 Å². The minimum absolute atomic E-state index is 0.0239. The third kappa shape index (κ3) is 3.34. The first-order chi connectivity index (χ1) is 8.93. The maximum Gasteiger partial charge on any atom is 0.217 e. The highest BCUT2D eigenvalue weighted by molar-refractivity contribution is 9.10. The first kappa shape index (κ1) is 17.0. The van der Waals surface area contributed by atoms with Crippen LogP contribution in [0.15, 0.2) is 16.7 Å². The standard InChI is InChI=1S/C12H15BrFN3O2S/c1-11(2,6-15)20(18,19)7-12(3,16)9-4-8(13)5-17-10(9)14/h4-5H,7,16H2,1-3H3. The molecule has 0 fully saturated rings. The van der Waals surface area contributed by atoms with Crippen molar-refractivity contribution >= 4 is 25.8 Å². The Bertz CT molecular complexity index is 666. The summed E-state index contributed by atoms with van der Waals surface area (Å²) in [6, 6.07) is 3.11. The average molecular weight is 364 g/mol. The number of pyridine rings is 1. The van der Waals surface area contributed by atoms with E-state index in [2.05, 4.69) is 20.9 Å². The van der Waals surface area contributed by atoms with E-state index in [1.165, 1.54) is 33.0 Å². The van der Waals surface area contributed by atoms with Crippen molar-refractivity contribution in [1.29, 1.82) is 5.26 Å². The van der Waals surface area contributed by atoms with Gasteiger partial charge in [0, 0.05) is 16.2 Å². The highest BCUT2D eigenvalue weighted by Gasteiger charge is 2.41. The topological polar surface area (TPSA) is 96.8 Å². The molecule has 0 saturated heterocycles. The van der Waals surface area contributed by atoms with Gasteiger partial charge in [-0.1, -0.05) is 0 Å². The van der Waals surface area contributed by atoms with Gasteiger partial charge in [0.1, 0.15) is 0 Å². The Kier molecular flexibility index (Phi) is 4.58. The summed E-state index contributed by atoms with van der Waals surface area (Å²) in [5.41, 5.74) is 4.44. The lowest BCUT2D eigenvalue weighted by molar-refractivity contribution is 0.472. The molecule has 0 aliphatic carbocycles. The van der Waals surface area contributed by atoms with Gasteiger partial charge < -0.3 is 5.73 Å². The van der Waals surface area contributed by atoms with Crippen LogP contribution in [-0.2, 0) is 15.4 Å². The molecule has 0 saturated carbocycles. The summed E-state index contributed by atoms with van der Waals surface area (Å²) < 4.78 is 37.1. The molecule has 20 heavy (non-hydrogen) atoms. The Balaban J connectivity index is 3.26. The molecular formula is C12H15BrFN3O2S. The van der Waals surface area contributed by atoms with Gasteiger partial charge in [-0.3, -0.25) is 0 Å². The molecule has 1 unspecified atom stereocenters. The predicted octanol–water partition coefficient (Wildman–Crippen LogP) is 1.87. The Morgan fingerprint density at radius 3 is 2.55 bits per heavy atom. The van der Waals surface area contributed by atoms with E-state index in [9.17, 15) is 12.8 Å². The molecule has 0 radical (unpaired) electrons. The quantitative estimate of drug-likeness (QED) is 0.823. The van der Waals surface area contributed by atoms with E-state index in [1.807, 2.05) is 0 Å². The first-order valence-corrected chi connectivity index (χ1v) is 8.11. The average Bonchev–Trinajstić information content (AvgIpc) is 2.30. The zero-order valence-corrected chi connectivity index (χ0v) is 13.7. The summed E-state index contributed by atoms with van der Waals surface area (Å²) in [5, 5.41) is 8.93. The van der Waals surface area contributed by atoms with Crippen molar-refractivity contribution in [1.82, 2.24) is 4.98 Å². The van der Waals surface area contributed by atoms with E-state index in [1.54, 1.807) is 6.07 Å². The highest BCUT2D eigenvalue weighted by atomic mass is 79.9. The van der Waals surface area contributed by atoms with Crippen molar-refractivity contribution in [2.24, 2.45) is 5.73 Å².